The second-order valence-electron chi connectivity index (χ2n) is 11.9. The highest BCUT2D eigenvalue weighted by atomic mass is 19.1. The number of amides is 3. The lowest BCUT2D eigenvalue weighted by Crippen LogP contribution is -2.44. The Morgan fingerprint density at radius 1 is 0.938 bits per heavy atom. The van der Waals surface area contributed by atoms with E-state index in [0.29, 0.717) is 16.8 Å². The summed E-state index contributed by atoms with van der Waals surface area (Å²) in [5, 5.41) is 21.2. The van der Waals surface area contributed by atoms with Crippen LogP contribution in [0.15, 0.2) is 89.6 Å². The van der Waals surface area contributed by atoms with Gasteiger partial charge < -0.3 is 19.7 Å². The Balaban J connectivity index is 1.19. The fourth-order valence-electron chi connectivity index (χ4n) is 4.64. The molecule has 5 aromatic rings. The van der Waals surface area contributed by atoms with Gasteiger partial charge in [-0.25, -0.2) is 23.8 Å². The minimum Gasteiger partial charge on any atom is -0.480 e. The molecule has 3 aromatic carbocycles. The standard InChI is InChI=1S/C35H33FN6O6/c1-20-6-5-7-23(16-20)24-11-15-29(37-19-24)40-33(45)39-28(32(43)44)18-21-8-14-26(27(36)17-21)30-41-31(48-42-30)22-9-12-25(13-10-22)38-34(46)47-35(2,3)4/h5-17,19,28H,18H2,1-4H3,(H,38,46)(H,43,44)(H2,37,39,40,45). The molecule has 1 atom stereocenters. The van der Waals surface area contributed by atoms with Crippen molar-refractivity contribution in [3.05, 3.63) is 102 Å². The Kier molecular flexibility index (Phi) is 9.78. The van der Waals surface area contributed by atoms with E-state index in [9.17, 15) is 19.5 Å². The van der Waals surface area contributed by atoms with E-state index in [1.807, 2.05) is 31.2 Å². The largest absolute Gasteiger partial charge is 0.480 e. The molecule has 0 bridgehead atoms. The van der Waals surface area contributed by atoms with Crippen LogP contribution >= 0.6 is 0 Å². The molecule has 2 heterocycles. The number of carboxylic acids is 1. The fourth-order valence-corrected chi connectivity index (χ4v) is 4.64. The van der Waals surface area contributed by atoms with Crippen LogP contribution in [0, 0.1) is 12.7 Å². The lowest BCUT2D eigenvalue weighted by Gasteiger charge is -2.19. The molecular weight excluding hydrogens is 619 g/mol. The summed E-state index contributed by atoms with van der Waals surface area (Å²) in [6.45, 7) is 7.27. The number of aromatic nitrogens is 3. The number of aryl methyl sites for hydroxylation is 1. The summed E-state index contributed by atoms with van der Waals surface area (Å²) in [5.74, 6) is -1.66. The second-order valence-corrected chi connectivity index (χ2v) is 11.9. The van der Waals surface area contributed by atoms with Crippen LogP contribution in [-0.2, 0) is 16.0 Å². The third kappa shape index (κ3) is 8.78. The first-order valence-electron chi connectivity index (χ1n) is 14.9. The quantitative estimate of drug-likeness (QED) is 0.130. The highest BCUT2D eigenvalue weighted by Crippen LogP contribution is 2.26. The van der Waals surface area contributed by atoms with E-state index in [2.05, 4.69) is 31.1 Å². The number of urea groups is 1. The summed E-state index contributed by atoms with van der Waals surface area (Å²) >= 11 is 0. The summed E-state index contributed by atoms with van der Waals surface area (Å²) in [7, 11) is 0. The van der Waals surface area contributed by atoms with Gasteiger partial charge in [0.05, 0.1) is 5.56 Å². The van der Waals surface area contributed by atoms with Gasteiger partial charge in [0.25, 0.3) is 5.89 Å². The third-order valence-corrected chi connectivity index (χ3v) is 6.88. The number of nitrogens with one attached hydrogen (secondary N) is 3. The molecule has 0 spiro atoms. The number of benzene rings is 3. The SMILES string of the molecule is Cc1cccc(-c2ccc(NC(=O)NC(Cc3ccc(-c4noc(-c5ccc(NC(=O)OC(C)(C)C)cc5)n4)c(F)c3)C(=O)O)nc2)c1. The predicted molar refractivity (Wildman–Crippen MR) is 177 cm³/mol. The Labute approximate surface area is 275 Å². The summed E-state index contributed by atoms with van der Waals surface area (Å²) in [6, 6.07) is 19.8. The van der Waals surface area contributed by atoms with Crippen molar-refractivity contribution in [2.45, 2.75) is 45.8 Å². The number of ether oxygens (including phenoxy) is 1. The first-order valence-corrected chi connectivity index (χ1v) is 14.9. The molecule has 0 aliphatic heterocycles. The van der Waals surface area contributed by atoms with Crippen molar-refractivity contribution in [2.24, 2.45) is 0 Å². The summed E-state index contributed by atoms with van der Waals surface area (Å²) in [4.78, 5) is 45.1. The van der Waals surface area contributed by atoms with Crippen molar-refractivity contribution in [3.8, 4) is 34.0 Å². The van der Waals surface area contributed by atoms with Crippen molar-refractivity contribution in [2.75, 3.05) is 10.6 Å². The zero-order chi connectivity index (χ0) is 34.4. The van der Waals surface area contributed by atoms with Crippen LogP contribution in [-0.4, -0.2) is 50.0 Å². The minimum absolute atomic E-state index is 0.0155. The van der Waals surface area contributed by atoms with E-state index in [1.54, 1.807) is 63.4 Å². The number of hydrogen-bond acceptors (Lipinski definition) is 8. The minimum atomic E-state index is -1.36. The van der Waals surface area contributed by atoms with Crippen LogP contribution in [0.2, 0.25) is 0 Å². The molecule has 0 saturated heterocycles. The number of halogens is 1. The van der Waals surface area contributed by atoms with Crippen molar-refractivity contribution in [1.82, 2.24) is 20.4 Å². The number of carbonyl (C=O) groups is 3. The number of pyridine rings is 1. The number of carboxylic acid groups (broad SMARTS) is 1. The molecule has 3 amide bonds. The van der Waals surface area contributed by atoms with E-state index >= 15 is 4.39 Å². The van der Waals surface area contributed by atoms with Crippen molar-refractivity contribution in [3.63, 3.8) is 0 Å². The van der Waals surface area contributed by atoms with E-state index in [-0.39, 0.29) is 29.5 Å². The molecule has 1 unspecified atom stereocenters. The van der Waals surface area contributed by atoms with Crippen molar-refractivity contribution < 1.29 is 33.1 Å². The highest BCUT2D eigenvalue weighted by molar-refractivity contribution is 5.91. The van der Waals surface area contributed by atoms with Crippen LogP contribution in [0.3, 0.4) is 0 Å². The Morgan fingerprint density at radius 3 is 2.33 bits per heavy atom. The predicted octanol–water partition coefficient (Wildman–Crippen LogP) is 7.08. The van der Waals surface area contributed by atoms with E-state index in [1.165, 1.54) is 12.1 Å². The molecule has 5 rings (SSSR count). The average molecular weight is 653 g/mol. The zero-order valence-corrected chi connectivity index (χ0v) is 26.6. The van der Waals surface area contributed by atoms with Crippen molar-refractivity contribution in [1.29, 1.82) is 0 Å². The lowest BCUT2D eigenvalue weighted by molar-refractivity contribution is -0.139. The number of rotatable bonds is 9. The second kappa shape index (κ2) is 14.1. The van der Waals surface area contributed by atoms with Gasteiger partial charge in [0.2, 0.25) is 5.82 Å². The van der Waals surface area contributed by atoms with Gasteiger partial charge >= 0.3 is 18.1 Å². The molecule has 0 aliphatic carbocycles. The molecule has 13 heteroatoms. The van der Waals surface area contributed by atoms with Crippen LogP contribution in [0.25, 0.3) is 34.0 Å². The van der Waals surface area contributed by atoms with Gasteiger partial charge in [0.15, 0.2) is 0 Å². The Hall–Kier alpha value is -6.11. The molecule has 4 N–H and O–H groups in total. The number of hydrogen-bond donors (Lipinski definition) is 4. The van der Waals surface area contributed by atoms with Gasteiger partial charge in [0.1, 0.15) is 23.3 Å². The smallest absolute Gasteiger partial charge is 0.412 e. The Bertz CT molecular complexity index is 1940. The van der Waals surface area contributed by atoms with E-state index in [0.717, 1.165) is 22.8 Å². The molecule has 0 fully saturated rings. The van der Waals surface area contributed by atoms with Crippen LogP contribution in [0.1, 0.15) is 31.9 Å². The zero-order valence-electron chi connectivity index (χ0n) is 26.6. The third-order valence-electron chi connectivity index (χ3n) is 6.88. The first-order chi connectivity index (χ1) is 22.8. The maximum atomic E-state index is 15.2. The molecular formula is C35H33FN6O6. The molecule has 2 aromatic heterocycles. The van der Waals surface area contributed by atoms with Crippen LogP contribution in [0.5, 0.6) is 0 Å². The maximum absolute atomic E-state index is 15.2. The number of carbonyl (C=O) groups excluding carboxylic acids is 2. The molecule has 12 nitrogen and oxygen atoms in total. The number of nitrogens with zero attached hydrogens (tertiary/aromatic N) is 3. The van der Waals surface area contributed by atoms with Gasteiger partial charge in [-0.1, -0.05) is 41.1 Å². The Morgan fingerprint density at radius 2 is 1.69 bits per heavy atom. The highest BCUT2D eigenvalue weighted by Gasteiger charge is 2.23. The normalized spacial score (nSPS) is 11.8. The van der Waals surface area contributed by atoms with Gasteiger partial charge in [0, 0.05) is 29.4 Å². The average Bonchev–Trinajstić information content (AvgIpc) is 3.50. The topological polar surface area (TPSA) is 169 Å². The molecule has 0 saturated carbocycles. The van der Waals surface area contributed by atoms with E-state index < -0.39 is 35.6 Å². The molecule has 0 aliphatic rings. The first kappa shape index (κ1) is 33.3. The number of anilines is 2. The van der Waals surface area contributed by atoms with Crippen molar-refractivity contribution >= 4 is 29.6 Å². The fraction of sp³-hybridized carbons (Fsp3) is 0.200. The van der Waals surface area contributed by atoms with Gasteiger partial charge in [-0.15, -0.1) is 0 Å². The molecule has 246 valence electrons. The maximum Gasteiger partial charge on any atom is 0.412 e. The van der Waals surface area contributed by atoms with Gasteiger partial charge in [-0.2, -0.15) is 4.98 Å². The molecule has 48 heavy (non-hydrogen) atoms. The van der Waals surface area contributed by atoms with E-state index in [4.69, 9.17) is 9.26 Å². The summed E-state index contributed by atoms with van der Waals surface area (Å²) in [6.07, 6.45) is 0.819. The van der Waals surface area contributed by atoms with Gasteiger partial charge in [-0.3, -0.25) is 10.6 Å². The van der Waals surface area contributed by atoms with Crippen LogP contribution < -0.4 is 16.0 Å². The van der Waals surface area contributed by atoms with Crippen LogP contribution in [0.4, 0.5) is 25.5 Å². The monoisotopic (exact) mass is 652 g/mol. The number of aliphatic carboxylic acids is 1. The summed E-state index contributed by atoms with van der Waals surface area (Å²) in [5.41, 5.74) is 3.68. The van der Waals surface area contributed by atoms with Gasteiger partial charge in [-0.05, 0) is 87.4 Å². The molecule has 0 radical (unpaired) electrons. The summed E-state index contributed by atoms with van der Waals surface area (Å²) < 4.78 is 25.7. The lowest BCUT2D eigenvalue weighted by atomic mass is 10.0.